The summed E-state index contributed by atoms with van der Waals surface area (Å²) in [7, 11) is 0. The molecule has 0 bridgehead atoms. The summed E-state index contributed by atoms with van der Waals surface area (Å²) in [6.07, 6.45) is 15.3. The van der Waals surface area contributed by atoms with E-state index < -0.39 is 0 Å². The Bertz CT molecular complexity index is 1600. The van der Waals surface area contributed by atoms with Gasteiger partial charge in [-0.15, -0.1) is 0 Å². The van der Waals surface area contributed by atoms with Crippen molar-refractivity contribution in [1.29, 1.82) is 0 Å². The van der Waals surface area contributed by atoms with Crippen LogP contribution in [0.25, 0.3) is 11.1 Å². The zero-order valence-electron chi connectivity index (χ0n) is 29.6. The van der Waals surface area contributed by atoms with Crippen molar-refractivity contribution in [2.45, 2.75) is 107 Å². The van der Waals surface area contributed by atoms with Gasteiger partial charge >= 0.3 is 0 Å². The lowest BCUT2D eigenvalue weighted by atomic mass is 9.66. The summed E-state index contributed by atoms with van der Waals surface area (Å²) in [6, 6.07) is 20.6. The molecule has 1 nitrogen and oxygen atoms in total. The lowest BCUT2D eigenvalue weighted by Gasteiger charge is -2.38. The summed E-state index contributed by atoms with van der Waals surface area (Å²) in [5.74, 6) is 1.26. The molecule has 0 N–H and O–H groups in total. The van der Waals surface area contributed by atoms with Crippen LogP contribution >= 0.6 is 0 Å². The molecule has 0 saturated heterocycles. The number of aryl methyl sites for hydroxylation is 2. The van der Waals surface area contributed by atoms with Crippen LogP contribution in [0.1, 0.15) is 125 Å². The van der Waals surface area contributed by atoms with Gasteiger partial charge in [0.05, 0.1) is 0 Å². The van der Waals surface area contributed by atoms with E-state index in [0.717, 1.165) is 73.6 Å². The van der Waals surface area contributed by atoms with E-state index in [4.69, 9.17) is 0 Å². The molecule has 3 aliphatic carbocycles. The van der Waals surface area contributed by atoms with Gasteiger partial charge in [-0.05, 0) is 122 Å². The van der Waals surface area contributed by atoms with Crippen molar-refractivity contribution < 1.29 is 10.6 Å². The Balaban J connectivity index is 0.00000116. The minimum Gasteiger partial charge on any atom is -0.289 e. The summed E-state index contributed by atoms with van der Waals surface area (Å²) >= 11 is 0. The minimum absolute atomic E-state index is 0. The fourth-order valence-electron chi connectivity index (χ4n) is 7.44. The molecule has 1 fully saturated rings. The van der Waals surface area contributed by atoms with E-state index in [-0.39, 0.29) is 18.4 Å². The quantitative estimate of drug-likeness (QED) is 0.268. The molecule has 0 amide bonds. The predicted octanol–water partition coefficient (Wildman–Crippen LogP) is 12.7. The number of carbonyl (C=O) groups excluding carboxylic acids is 1. The normalized spacial score (nSPS) is 20.4. The number of hydrogen-bond acceptors (Lipinski definition) is 1. The third-order valence-corrected chi connectivity index (χ3v) is 9.78. The Kier molecular flexibility index (Phi) is 12.2. The standard InChI is InChI=1S/C40H43FO.2C2H6.H2/c1-26(2)19-30-7-11-33(22-30)34-12-13-36-35(23-34)24-40(25-37(39(36)42)32-9-5-27(3)6-10-32)17-15-29(16-18-40)21-31-8-14-38(41)28(4)20-31;2*1-2;/h5-14,20,23,25-26,29H,15-19,21-22,24H2,1-4H3;2*1-2H3;1H. The summed E-state index contributed by atoms with van der Waals surface area (Å²) in [5, 5.41) is 0. The van der Waals surface area contributed by atoms with Crippen LogP contribution in [0.3, 0.4) is 0 Å². The molecule has 0 radical (unpaired) electrons. The maximum absolute atomic E-state index is 14.2. The van der Waals surface area contributed by atoms with Gasteiger partial charge in [-0.25, -0.2) is 4.39 Å². The number of ketones is 1. The van der Waals surface area contributed by atoms with Gasteiger partial charge in [-0.1, -0.05) is 126 Å². The largest absolute Gasteiger partial charge is 0.289 e. The van der Waals surface area contributed by atoms with Crippen LogP contribution in [-0.4, -0.2) is 5.78 Å². The molecule has 6 rings (SSSR count). The first kappa shape index (κ1) is 35.3. The van der Waals surface area contributed by atoms with E-state index in [9.17, 15) is 9.18 Å². The molecule has 0 aromatic heterocycles. The van der Waals surface area contributed by atoms with Crippen LogP contribution in [0.2, 0.25) is 0 Å². The van der Waals surface area contributed by atoms with E-state index >= 15 is 0 Å². The second-order valence-corrected chi connectivity index (χ2v) is 13.7. The van der Waals surface area contributed by atoms with Crippen LogP contribution in [0.5, 0.6) is 0 Å². The van der Waals surface area contributed by atoms with Gasteiger partial charge in [-0.2, -0.15) is 0 Å². The second-order valence-electron chi connectivity index (χ2n) is 13.7. The molecular formula is C44H57FO. The molecule has 0 unspecified atom stereocenters. The summed E-state index contributed by atoms with van der Waals surface area (Å²) in [4.78, 5) is 14.2. The first-order valence-electron chi connectivity index (χ1n) is 17.8. The number of Topliss-reactive ketones (excluding diaryl/α,β-unsaturated/α-hetero) is 1. The predicted molar refractivity (Wildman–Crippen MR) is 198 cm³/mol. The van der Waals surface area contributed by atoms with Crippen LogP contribution in [-0.2, 0) is 12.8 Å². The Morgan fingerprint density at radius 2 is 1.54 bits per heavy atom. The van der Waals surface area contributed by atoms with E-state index in [1.165, 1.54) is 33.4 Å². The molecule has 0 heterocycles. The smallest absolute Gasteiger partial charge is 0.193 e. The summed E-state index contributed by atoms with van der Waals surface area (Å²) < 4.78 is 13.9. The highest BCUT2D eigenvalue weighted by molar-refractivity contribution is 6.29. The van der Waals surface area contributed by atoms with E-state index in [2.05, 4.69) is 81.5 Å². The van der Waals surface area contributed by atoms with E-state index in [1.54, 1.807) is 6.07 Å². The zero-order valence-corrected chi connectivity index (χ0v) is 29.6. The summed E-state index contributed by atoms with van der Waals surface area (Å²) in [5.41, 5.74) is 11.2. The molecule has 0 atom stereocenters. The van der Waals surface area contributed by atoms with Gasteiger partial charge in [0.25, 0.3) is 0 Å². The SMILES string of the molecule is CC.CC.Cc1ccc(C2=CC3(CCC(Cc4ccc(F)c(C)c4)CC3)Cc3cc(C4=CC=C(CC(C)C)C4)ccc3C2=O)cc1.[HH]. The second kappa shape index (κ2) is 15.9. The van der Waals surface area contributed by atoms with Crippen molar-refractivity contribution in [2.24, 2.45) is 17.3 Å². The van der Waals surface area contributed by atoms with Crippen molar-refractivity contribution in [3.05, 3.63) is 129 Å². The Morgan fingerprint density at radius 3 is 2.20 bits per heavy atom. The van der Waals surface area contributed by atoms with Crippen molar-refractivity contribution in [2.75, 3.05) is 0 Å². The lowest BCUT2D eigenvalue weighted by Crippen LogP contribution is -2.29. The number of rotatable bonds is 6. The maximum atomic E-state index is 14.2. The van der Waals surface area contributed by atoms with Gasteiger partial charge in [0.2, 0.25) is 0 Å². The topological polar surface area (TPSA) is 17.1 Å². The maximum Gasteiger partial charge on any atom is 0.193 e. The first-order valence-corrected chi connectivity index (χ1v) is 17.8. The highest BCUT2D eigenvalue weighted by Crippen LogP contribution is 2.48. The van der Waals surface area contributed by atoms with E-state index in [0.29, 0.717) is 11.8 Å². The average Bonchev–Trinajstić information content (AvgIpc) is 3.48. The Morgan fingerprint density at radius 1 is 0.870 bits per heavy atom. The number of fused-ring (bicyclic) bond motifs is 1. The highest BCUT2D eigenvalue weighted by atomic mass is 19.1. The minimum atomic E-state index is -0.128. The molecule has 0 aliphatic heterocycles. The molecule has 1 saturated carbocycles. The van der Waals surface area contributed by atoms with Gasteiger partial charge in [0.1, 0.15) is 5.82 Å². The molecule has 3 aliphatic rings. The van der Waals surface area contributed by atoms with Crippen LogP contribution in [0, 0.1) is 36.9 Å². The van der Waals surface area contributed by atoms with Gasteiger partial charge in [0, 0.05) is 12.6 Å². The first-order chi connectivity index (χ1) is 22.2. The van der Waals surface area contributed by atoms with E-state index in [1.807, 2.05) is 46.8 Å². The van der Waals surface area contributed by atoms with Crippen molar-refractivity contribution in [1.82, 2.24) is 0 Å². The lowest BCUT2D eigenvalue weighted by molar-refractivity contribution is 0.105. The Labute approximate surface area is 280 Å². The number of hydrogen-bond donors (Lipinski definition) is 0. The molecular weight excluding hydrogens is 563 g/mol. The average molecular weight is 621 g/mol. The Hall–Kier alpha value is -3.52. The van der Waals surface area contributed by atoms with Crippen LogP contribution in [0.15, 0.2) is 84.5 Å². The molecule has 2 heteroatoms. The molecule has 1 spiro atoms. The third-order valence-electron chi connectivity index (χ3n) is 9.78. The monoisotopic (exact) mass is 620 g/mol. The number of allylic oxidation sites excluding steroid dienone is 6. The summed E-state index contributed by atoms with van der Waals surface area (Å²) in [6.45, 7) is 16.5. The molecule has 46 heavy (non-hydrogen) atoms. The van der Waals surface area contributed by atoms with Gasteiger partial charge in [-0.3, -0.25) is 4.79 Å². The van der Waals surface area contributed by atoms with Crippen molar-refractivity contribution in [3.8, 4) is 0 Å². The van der Waals surface area contributed by atoms with Gasteiger partial charge in [0.15, 0.2) is 5.78 Å². The van der Waals surface area contributed by atoms with Crippen LogP contribution in [0.4, 0.5) is 4.39 Å². The van der Waals surface area contributed by atoms with Crippen molar-refractivity contribution >= 4 is 16.9 Å². The van der Waals surface area contributed by atoms with Gasteiger partial charge < -0.3 is 0 Å². The fraction of sp³-hybridized carbons (Fsp3) is 0.432. The third kappa shape index (κ3) is 8.24. The molecule has 246 valence electrons. The molecule has 3 aromatic carbocycles. The van der Waals surface area contributed by atoms with Crippen molar-refractivity contribution in [3.63, 3.8) is 0 Å². The highest BCUT2D eigenvalue weighted by Gasteiger charge is 2.38. The zero-order chi connectivity index (χ0) is 33.4. The number of halogens is 1. The van der Waals surface area contributed by atoms with Crippen LogP contribution < -0.4 is 0 Å². The molecule has 3 aromatic rings. The number of benzene rings is 3. The number of carbonyl (C=O) groups is 1. The fourth-order valence-corrected chi connectivity index (χ4v) is 7.44.